The minimum Gasteiger partial charge on any atom is -0.493 e. The average Bonchev–Trinajstić information content (AvgIpc) is 3.38. The van der Waals surface area contributed by atoms with Gasteiger partial charge >= 0.3 is 12.0 Å². The molecule has 3 heterocycles. The quantitative estimate of drug-likeness (QED) is 0.472. The highest BCUT2D eigenvalue weighted by Gasteiger charge is 2.40. The third kappa shape index (κ3) is 6.04. The number of benzene rings is 1. The highest BCUT2D eigenvalue weighted by Crippen LogP contribution is 2.40. The molecule has 1 N–H and O–H groups in total. The predicted molar refractivity (Wildman–Crippen MR) is 148 cm³/mol. The van der Waals surface area contributed by atoms with Crippen LogP contribution in [0.4, 0.5) is 4.79 Å². The van der Waals surface area contributed by atoms with E-state index in [1.165, 1.54) is 18.4 Å². The third-order valence-corrected chi connectivity index (χ3v) is 7.83. The number of hydrogen-bond acceptors (Lipinski definition) is 8. The minimum atomic E-state index is -0.789. The summed E-state index contributed by atoms with van der Waals surface area (Å²) < 4.78 is 16.6. The number of esters is 1. The fourth-order valence-electron chi connectivity index (χ4n) is 5.13. The number of ether oxygens (including phenoxy) is 3. The first-order valence-corrected chi connectivity index (χ1v) is 14.1. The molecule has 1 fully saturated rings. The topological polar surface area (TPSA) is 101 Å². The van der Waals surface area contributed by atoms with Crippen molar-refractivity contribution in [1.82, 2.24) is 20.0 Å². The van der Waals surface area contributed by atoms with Gasteiger partial charge in [-0.1, -0.05) is 18.2 Å². The van der Waals surface area contributed by atoms with Crippen LogP contribution in [0, 0.1) is 0 Å². The lowest BCUT2D eigenvalue weighted by molar-refractivity contribution is -0.139. The molecule has 1 aromatic heterocycles. The van der Waals surface area contributed by atoms with Gasteiger partial charge in [-0.05, 0) is 37.8 Å². The number of nitrogens with one attached hydrogen (secondary N) is 1. The first-order chi connectivity index (χ1) is 18.9. The normalized spacial score (nSPS) is 18.5. The van der Waals surface area contributed by atoms with Crippen LogP contribution in [0.2, 0.25) is 0 Å². The summed E-state index contributed by atoms with van der Waals surface area (Å²) in [4.78, 5) is 46.2. The van der Waals surface area contributed by atoms with Crippen molar-refractivity contribution in [2.45, 2.75) is 26.3 Å². The molecule has 0 saturated carbocycles. The maximum absolute atomic E-state index is 13.5. The van der Waals surface area contributed by atoms with Gasteiger partial charge in [-0.2, -0.15) is 0 Å². The van der Waals surface area contributed by atoms with E-state index in [4.69, 9.17) is 14.2 Å². The average molecular weight is 557 g/mol. The number of amides is 3. The van der Waals surface area contributed by atoms with Crippen LogP contribution in [0.15, 0.2) is 47.0 Å². The van der Waals surface area contributed by atoms with Gasteiger partial charge in [-0.25, -0.2) is 9.59 Å². The summed E-state index contributed by atoms with van der Waals surface area (Å²) in [5.74, 6) is 0.477. The second-order valence-electron chi connectivity index (χ2n) is 9.19. The van der Waals surface area contributed by atoms with Gasteiger partial charge in [-0.15, -0.1) is 11.3 Å². The molecule has 2 aliphatic heterocycles. The zero-order valence-electron chi connectivity index (χ0n) is 22.9. The molecular formula is C28H36N4O6S. The van der Waals surface area contributed by atoms with Gasteiger partial charge in [0.25, 0.3) is 5.91 Å². The standard InChI is InChI=1S/C28H36N4O6S/c1-5-32-20(18-30-13-9-14-31(16-15-30)26(33)22-12-8-17-39-22)23(27(34)38-6-2)24(29-28(32)35)19-10-7-11-21(36-3)25(19)37-4/h7-8,10-12,17,24H,5-6,9,13-16,18H2,1-4H3,(H,29,35). The Balaban J connectivity index is 1.70. The van der Waals surface area contributed by atoms with Crippen molar-refractivity contribution < 1.29 is 28.6 Å². The lowest BCUT2D eigenvalue weighted by atomic mass is 9.93. The van der Waals surface area contributed by atoms with Crippen LogP contribution < -0.4 is 14.8 Å². The number of carbonyl (C=O) groups excluding carboxylic acids is 3. The van der Waals surface area contributed by atoms with Crippen LogP contribution in [0.1, 0.15) is 41.5 Å². The Morgan fingerprint density at radius 3 is 2.54 bits per heavy atom. The highest BCUT2D eigenvalue weighted by molar-refractivity contribution is 7.12. The molecule has 3 amide bonds. The molecule has 0 radical (unpaired) electrons. The number of methoxy groups -OCH3 is 2. The Hall–Kier alpha value is -3.57. The van der Waals surface area contributed by atoms with Crippen molar-refractivity contribution in [1.29, 1.82) is 0 Å². The zero-order valence-corrected chi connectivity index (χ0v) is 23.7. The molecule has 2 aliphatic rings. The van der Waals surface area contributed by atoms with E-state index in [0.717, 1.165) is 17.8 Å². The Morgan fingerprint density at radius 2 is 1.87 bits per heavy atom. The van der Waals surface area contributed by atoms with Crippen molar-refractivity contribution in [3.63, 3.8) is 0 Å². The predicted octanol–water partition coefficient (Wildman–Crippen LogP) is 3.52. The second-order valence-corrected chi connectivity index (χ2v) is 10.1. The molecule has 10 nitrogen and oxygen atoms in total. The summed E-state index contributed by atoms with van der Waals surface area (Å²) >= 11 is 1.44. The van der Waals surface area contributed by atoms with Crippen molar-refractivity contribution in [3.05, 3.63) is 57.4 Å². The molecular weight excluding hydrogens is 520 g/mol. The van der Waals surface area contributed by atoms with Gasteiger partial charge in [0.05, 0.1) is 37.3 Å². The summed E-state index contributed by atoms with van der Waals surface area (Å²) in [6, 6.07) is 8.00. The first-order valence-electron chi connectivity index (χ1n) is 13.2. The number of thiophene rings is 1. The number of hydrogen-bond donors (Lipinski definition) is 1. The maximum Gasteiger partial charge on any atom is 0.338 e. The molecule has 1 unspecified atom stereocenters. The molecule has 210 valence electrons. The van der Waals surface area contributed by atoms with Gasteiger partial charge in [-0.3, -0.25) is 14.6 Å². The summed E-state index contributed by atoms with van der Waals surface area (Å²) in [6.07, 6.45) is 0.782. The van der Waals surface area contributed by atoms with E-state index in [-0.39, 0.29) is 18.5 Å². The van der Waals surface area contributed by atoms with Gasteiger partial charge in [0.2, 0.25) is 0 Å². The Labute approximate surface area is 233 Å². The Bertz CT molecular complexity index is 1210. The molecule has 4 rings (SSSR count). The Kier molecular flexibility index (Phi) is 9.47. The van der Waals surface area contributed by atoms with Crippen molar-refractivity contribution in [3.8, 4) is 11.5 Å². The number of nitrogens with zero attached hydrogens (tertiary/aromatic N) is 3. The molecule has 11 heteroatoms. The monoisotopic (exact) mass is 556 g/mol. The van der Waals surface area contributed by atoms with Crippen molar-refractivity contribution in [2.75, 3.05) is 60.1 Å². The summed E-state index contributed by atoms with van der Waals surface area (Å²) in [7, 11) is 3.07. The molecule has 0 bridgehead atoms. The molecule has 0 aliphatic carbocycles. The SMILES string of the molecule is CCOC(=O)C1=C(CN2CCCN(C(=O)c3cccs3)CC2)N(CC)C(=O)NC1c1cccc(OC)c1OC. The second kappa shape index (κ2) is 13.0. The first kappa shape index (κ1) is 28.4. The Morgan fingerprint density at radius 1 is 1.05 bits per heavy atom. The van der Waals surface area contributed by atoms with Crippen LogP contribution in [0.3, 0.4) is 0 Å². The fraction of sp³-hybridized carbons (Fsp3) is 0.464. The van der Waals surface area contributed by atoms with E-state index in [1.54, 1.807) is 31.1 Å². The molecule has 39 heavy (non-hydrogen) atoms. The molecule has 1 aromatic carbocycles. The lowest BCUT2D eigenvalue weighted by Gasteiger charge is -2.38. The number of carbonyl (C=O) groups is 3. The van der Waals surface area contributed by atoms with Gasteiger partial charge < -0.3 is 24.4 Å². The van der Waals surface area contributed by atoms with Crippen molar-refractivity contribution >= 4 is 29.2 Å². The van der Waals surface area contributed by atoms with Gasteiger partial charge in [0, 0.05) is 50.5 Å². The van der Waals surface area contributed by atoms with Crippen LogP contribution in [0.25, 0.3) is 0 Å². The molecule has 1 saturated heterocycles. The number of urea groups is 1. The van der Waals surface area contributed by atoms with Crippen LogP contribution >= 0.6 is 11.3 Å². The molecule has 0 spiro atoms. The van der Waals surface area contributed by atoms with E-state index >= 15 is 0 Å². The number of para-hydroxylation sites is 1. The third-order valence-electron chi connectivity index (χ3n) is 6.98. The maximum atomic E-state index is 13.5. The fourth-order valence-corrected chi connectivity index (χ4v) is 5.82. The summed E-state index contributed by atoms with van der Waals surface area (Å²) in [5, 5.41) is 4.89. The van der Waals surface area contributed by atoms with E-state index in [9.17, 15) is 14.4 Å². The zero-order chi connectivity index (χ0) is 27.9. The molecule has 2 aromatic rings. The van der Waals surface area contributed by atoms with E-state index in [1.807, 2.05) is 35.4 Å². The molecule has 1 atom stereocenters. The minimum absolute atomic E-state index is 0.0377. The summed E-state index contributed by atoms with van der Waals surface area (Å²) in [6.45, 7) is 7.11. The highest BCUT2D eigenvalue weighted by atomic mass is 32.1. The number of likely N-dealkylation sites (N-methyl/N-ethyl adjacent to an activating group) is 1. The summed E-state index contributed by atoms with van der Waals surface area (Å²) in [5.41, 5.74) is 1.55. The largest absolute Gasteiger partial charge is 0.493 e. The smallest absolute Gasteiger partial charge is 0.338 e. The van der Waals surface area contributed by atoms with Gasteiger partial charge in [0.1, 0.15) is 0 Å². The number of rotatable bonds is 9. The van der Waals surface area contributed by atoms with Crippen molar-refractivity contribution in [2.24, 2.45) is 0 Å². The van der Waals surface area contributed by atoms with Crippen LogP contribution in [0.5, 0.6) is 11.5 Å². The van der Waals surface area contributed by atoms with E-state index in [0.29, 0.717) is 61.1 Å². The van der Waals surface area contributed by atoms with E-state index < -0.39 is 12.0 Å². The van der Waals surface area contributed by atoms with Crippen LogP contribution in [-0.2, 0) is 9.53 Å². The lowest BCUT2D eigenvalue weighted by Crippen LogP contribution is -2.51. The van der Waals surface area contributed by atoms with E-state index in [2.05, 4.69) is 10.2 Å². The van der Waals surface area contributed by atoms with Crippen LogP contribution in [-0.4, -0.2) is 92.7 Å². The van der Waals surface area contributed by atoms with Gasteiger partial charge in [0.15, 0.2) is 11.5 Å².